The molecule has 186 valence electrons. The number of aryl methyl sites for hydroxylation is 1. The van der Waals surface area contributed by atoms with Crippen LogP contribution < -0.4 is 5.56 Å². The molecule has 1 aliphatic rings. The zero-order valence-electron chi connectivity index (χ0n) is 20.1. The number of carbonyl (C=O) groups excluding carboxylic acids is 1. The Labute approximate surface area is 221 Å². The molecule has 0 radical (unpaired) electrons. The third kappa shape index (κ3) is 4.97. The van der Waals surface area contributed by atoms with Crippen molar-refractivity contribution >= 4 is 44.4 Å². The summed E-state index contributed by atoms with van der Waals surface area (Å²) in [7, 11) is 0. The van der Waals surface area contributed by atoms with E-state index in [0.29, 0.717) is 23.2 Å². The van der Waals surface area contributed by atoms with Gasteiger partial charge in [0.25, 0.3) is 5.56 Å². The number of aromatic nitrogens is 1. The Bertz CT molecular complexity index is 1590. The Kier molecular flexibility index (Phi) is 6.76. The number of fused-ring (bicyclic) bond motifs is 1. The molecular formula is C29H24BrN3O4. The van der Waals surface area contributed by atoms with Crippen LogP contribution in [-0.4, -0.2) is 32.7 Å². The largest absolute Gasteiger partial charge is 0.481 e. The zero-order valence-corrected chi connectivity index (χ0v) is 21.7. The summed E-state index contributed by atoms with van der Waals surface area (Å²) < 4.78 is 0.867. The quantitative estimate of drug-likeness (QED) is 0.312. The number of hydrogen-bond donors (Lipinski definition) is 2. The SMILES string of the molecule is Cc1ccc([C@@H]2CC(c3c(-c4ccccc4)c4cc(Br)ccc4[nH]c3=O)=NN2C(=O)CCC(=O)O)cc1. The van der Waals surface area contributed by atoms with E-state index in [1.807, 2.05) is 79.7 Å². The fraction of sp³-hybridized carbons (Fsp3) is 0.172. The highest BCUT2D eigenvalue weighted by molar-refractivity contribution is 9.10. The fourth-order valence-corrected chi connectivity index (χ4v) is 5.07. The molecule has 1 amide bonds. The van der Waals surface area contributed by atoms with Gasteiger partial charge in [-0.1, -0.05) is 76.1 Å². The molecule has 3 aromatic carbocycles. The van der Waals surface area contributed by atoms with Gasteiger partial charge in [0.15, 0.2) is 0 Å². The summed E-state index contributed by atoms with van der Waals surface area (Å²) in [5, 5.41) is 16.0. The van der Waals surface area contributed by atoms with Crippen molar-refractivity contribution in [2.24, 2.45) is 5.10 Å². The molecule has 0 fully saturated rings. The first kappa shape index (κ1) is 24.6. The standard InChI is InChI=1S/C29H24BrN3O4/c1-17-7-9-18(10-8-17)24-16-23(32-33(24)25(34)13-14-26(35)36)28-27(19-5-3-2-4-6-19)21-15-20(30)11-12-22(21)31-29(28)37/h2-12,15,24H,13-14,16H2,1H3,(H,31,37)(H,35,36)/t24-/m0/s1. The Hall–Kier alpha value is -4.04. The molecule has 2 N–H and O–H groups in total. The molecule has 0 saturated heterocycles. The maximum atomic E-state index is 13.5. The highest BCUT2D eigenvalue weighted by Crippen LogP contribution is 2.37. The van der Waals surface area contributed by atoms with Crippen molar-refractivity contribution in [1.29, 1.82) is 0 Å². The molecule has 0 bridgehead atoms. The summed E-state index contributed by atoms with van der Waals surface area (Å²) >= 11 is 3.55. The van der Waals surface area contributed by atoms with Crippen molar-refractivity contribution in [3.05, 3.63) is 104 Å². The normalized spacial score (nSPS) is 15.1. The van der Waals surface area contributed by atoms with Gasteiger partial charge in [-0.2, -0.15) is 5.10 Å². The van der Waals surface area contributed by atoms with Gasteiger partial charge in [-0.15, -0.1) is 0 Å². The third-order valence-corrected chi connectivity index (χ3v) is 7.00. The van der Waals surface area contributed by atoms with Crippen LogP contribution in [0.15, 0.2) is 87.2 Å². The lowest BCUT2D eigenvalue weighted by Crippen LogP contribution is -2.27. The molecule has 0 spiro atoms. The summed E-state index contributed by atoms with van der Waals surface area (Å²) in [5.41, 5.74) is 4.83. The molecule has 37 heavy (non-hydrogen) atoms. The van der Waals surface area contributed by atoms with Gasteiger partial charge in [0.1, 0.15) is 0 Å². The predicted octanol–water partition coefficient (Wildman–Crippen LogP) is 5.81. The van der Waals surface area contributed by atoms with Gasteiger partial charge in [-0.25, -0.2) is 5.01 Å². The second kappa shape index (κ2) is 10.1. The number of halogens is 1. The summed E-state index contributed by atoms with van der Waals surface area (Å²) in [6, 6.07) is 22.7. The van der Waals surface area contributed by atoms with Gasteiger partial charge in [0.05, 0.1) is 23.7 Å². The van der Waals surface area contributed by atoms with Crippen LogP contribution in [0.2, 0.25) is 0 Å². The number of carbonyl (C=O) groups is 2. The fourth-order valence-electron chi connectivity index (χ4n) is 4.71. The van der Waals surface area contributed by atoms with Crippen LogP contribution in [0, 0.1) is 6.92 Å². The number of rotatable bonds is 6. The number of carboxylic acids is 1. The van der Waals surface area contributed by atoms with Crippen molar-refractivity contribution in [2.45, 2.75) is 32.2 Å². The summed E-state index contributed by atoms with van der Waals surface area (Å²) in [6.45, 7) is 1.98. The minimum Gasteiger partial charge on any atom is -0.481 e. The average molecular weight is 558 g/mol. The highest BCUT2D eigenvalue weighted by Gasteiger charge is 2.35. The van der Waals surface area contributed by atoms with Gasteiger partial charge in [0.2, 0.25) is 5.91 Å². The van der Waals surface area contributed by atoms with E-state index in [1.54, 1.807) is 0 Å². The zero-order chi connectivity index (χ0) is 26.1. The molecule has 1 aromatic heterocycles. The van der Waals surface area contributed by atoms with E-state index in [9.17, 15) is 14.4 Å². The molecule has 1 atom stereocenters. The Morgan fingerprint density at radius 2 is 1.76 bits per heavy atom. The Balaban J connectivity index is 1.69. The molecule has 5 rings (SSSR count). The summed E-state index contributed by atoms with van der Waals surface area (Å²) in [6.07, 6.45) is -0.147. The second-order valence-corrected chi connectivity index (χ2v) is 9.99. The van der Waals surface area contributed by atoms with E-state index in [-0.39, 0.29) is 18.4 Å². The molecule has 7 nitrogen and oxygen atoms in total. The number of amides is 1. The van der Waals surface area contributed by atoms with Crippen molar-refractivity contribution in [3.63, 3.8) is 0 Å². The maximum Gasteiger partial charge on any atom is 0.303 e. The number of hydrazone groups is 1. The van der Waals surface area contributed by atoms with Crippen molar-refractivity contribution in [3.8, 4) is 11.1 Å². The van der Waals surface area contributed by atoms with Crippen LogP contribution in [-0.2, 0) is 9.59 Å². The average Bonchev–Trinajstić information content (AvgIpc) is 3.32. The second-order valence-electron chi connectivity index (χ2n) is 9.07. The molecule has 0 saturated carbocycles. The van der Waals surface area contributed by atoms with Crippen LogP contribution in [0.25, 0.3) is 22.0 Å². The van der Waals surface area contributed by atoms with E-state index < -0.39 is 17.9 Å². The minimum atomic E-state index is -1.05. The first-order valence-corrected chi connectivity index (χ1v) is 12.7. The van der Waals surface area contributed by atoms with E-state index >= 15 is 0 Å². The maximum absolute atomic E-state index is 13.5. The molecule has 0 unspecified atom stereocenters. The number of aliphatic carboxylic acids is 1. The van der Waals surface area contributed by atoms with E-state index in [4.69, 9.17) is 5.11 Å². The van der Waals surface area contributed by atoms with Crippen LogP contribution >= 0.6 is 15.9 Å². The topological polar surface area (TPSA) is 103 Å². The van der Waals surface area contributed by atoms with Gasteiger partial charge in [0, 0.05) is 33.8 Å². The summed E-state index contributed by atoms with van der Waals surface area (Å²) in [5.74, 6) is -1.45. The number of H-pyrrole nitrogens is 1. The monoisotopic (exact) mass is 557 g/mol. The first-order chi connectivity index (χ1) is 17.8. The number of nitrogens with zero attached hydrogens (tertiary/aromatic N) is 2. The molecular weight excluding hydrogens is 534 g/mol. The highest BCUT2D eigenvalue weighted by atomic mass is 79.9. The van der Waals surface area contributed by atoms with Gasteiger partial charge in [-0.05, 0) is 36.2 Å². The minimum absolute atomic E-state index is 0.180. The lowest BCUT2D eigenvalue weighted by atomic mass is 9.91. The molecule has 4 aromatic rings. The number of pyridine rings is 1. The number of hydrogen-bond acceptors (Lipinski definition) is 4. The number of aromatic amines is 1. The Morgan fingerprint density at radius 1 is 1.03 bits per heavy atom. The van der Waals surface area contributed by atoms with E-state index in [0.717, 1.165) is 32.1 Å². The predicted molar refractivity (Wildman–Crippen MR) is 146 cm³/mol. The number of nitrogens with one attached hydrogen (secondary N) is 1. The van der Waals surface area contributed by atoms with Gasteiger partial charge >= 0.3 is 5.97 Å². The van der Waals surface area contributed by atoms with Gasteiger partial charge < -0.3 is 10.1 Å². The van der Waals surface area contributed by atoms with Crippen molar-refractivity contribution < 1.29 is 14.7 Å². The van der Waals surface area contributed by atoms with Crippen LogP contribution in [0.3, 0.4) is 0 Å². The van der Waals surface area contributed by atoms with Crippen LogP contribution in [0.5, 0.6) is 0 Å². The number of carboxylic acid groups (broad SMARTS) is 1. The first-order valence-electron chi connectivity index (χ1n) is 11.9. The van der Waals surface area contributed by atoms with Crippen LogP contribution in [0.1, 0.15) is 42.0 Å². The molecule has 0 aliphatic carbocycles. The van der Waals surface area contributed by atoms with Crippen LogP contribution in [0.4, 0.5) is 0 Å². The van der Waals surface area contributed by atoms with Gasteiger partial charge in [-0.3, -0.25) is 14.4 Å². The summed E-state index contributed by atoms with van der Waals surface area (Å²) in [4.78, 5) is 40.8. The van der Waals surface area contributed by atoms with Crippen molar-refractivity contribution in [1.82, 2.24) is 9.99 Å². The molecule has 8 heteroatoms. The van der Waals surface area contributed by atoms with E-state index in [2.05, 4.69) is 26.0 Å². The van der Waals surface area contributed by atoms with Crippen molar-refractivity contribution in [2.75, 3.05) is 0 Å². The lowest BCUT2D eigenvalue weighted by molar-refractivity contribution is -0.141. The lowest BCUT2D eigenvalue weighted by Gasteiger charge is -2.22. The number of benzene rings is 3. The molecule has 2 heterocycles. The third-order valence-electron chi connectivity index (χ3n) is 6.51. The van der Waals surface area contributed by atoms with E-state index in [1.165, 1.54) is 5.01 Å². The smallest absolute Gasteiger partial charge is 0.303 e. The molecule has 1 aliphatic heterocycles. The Morgan fingerprint density at radius 3 is 2.46 bits per heavy atom.